The van der Waals surface area contributed by atoms with E-state index in [0.717, 1.165) is 0 Å². The van der Waals surface area contributed by atoms with Gasteiger partial charge in [0.1, 0.15) is 6.61 Å². The molecule has 0 fully saturated rings. The van der Waals surface area contributed by atoms with Gasteiger partial charge < -0.3 is 19.5 Å². The monoisotopic (exact) mass is 343 g/mol. The molecular formula is C19H18FNO4. The van der Waals surface area contributed by atoms with Crippen molar-refractivity contribution in [1.82, 2.24) is 5.32 Å². The van der Waals surface area contributed by atoms with Gasteiger partial charge in [-0.3, -0.25) is 4.79 Å². The van der Waals surface area contributed by atoms with Crippen LogP contribution in [0.2, 0.25) is 0 Å². The zero-order valence-electron chi connectivity index (χ0n) is 14.0. The number of carbonyl (C=O) groups excluding carboxylic acids is 1. The zero-order valence-corrected chi connectivity index (χ0v) is 14.0. The van der Waals surface area contributed by atoms with Gasteiger partial charge >= 0.3 is 0 Å². The lowest BCUT2D eigenvalue weighted by Crippen LogP contribution is -2.24. The van der Waals surface area contributed by atoms with E-state index in [-0.39, 0.29) is 24.8 Å². The van der Waals surface area contributed by atoms with Crippen LogP contribution >= 0.6 is 0 Å². The van der Waals surface area contributed by atoms with E-state index in [4.69, 9.17) is 14.2 Å². The molecule has 0 heterocycles. The number of methoxy groups -OCH3 is 2. The molecule has 130 valence electrons. The molecule has 5 nitrogen and oxygen atoms in total. The van der Waals surface area contributed by atoms with Crippen LogP contribution in [0.4, 0.5) is 4.39 Å². The number of halogens is 1. The first-order valence-electron chi connectivity index (χ1n) is 7.49. The Hall–Kier alpha value is -3.20. The highest BCUT2D eigenvalue weighted by atomic mass is 19.1. The summed E-state index contributed by atoms with van der Waals surface area (Å²) in [6.07, 6.45) is 0. The standard InChI is InChI=1S/C19H18FNO4/c1-23-17-11-7-8-14(18(17)24-2)19(22)21-12-5-6-13-25-16-10-4-3-9-15(16)20/h3-4,7-11H,12-13H2,1-2H3,(H,21,22). The van der Waals surface area contributed by atoms with E-state index >= 15 is 0 Å². The quantitative estimate of drug-likeness (QED) is 0.820. The van der Waals surface area contributed by atoms with E-state index in [1.165, 1.54) is 26.4 Å². The Balaban J connectivity index is 1.87. The number of rotatable bonds is 6. The van der Waals surface area contributed by atoms with E-state index in [0.29, 0.717) is 17.1 Å². The van der Waals surface area contributed by atoms with E-state index in [1.807, 2.05) is 0 Å². The lowest BCUT2D eigenvalue weighted by molar-refractivity contribution is 0.0955. The fraction of sp³-hybridized carbons (Fsp3) is 0.211. The van der Waals surface area contributed by atoms with Gasteiger partial charge in [0.2, 0.25) is 0 Å². The molecule has 0 aliphatic rings. The average Bonchev–Trinajstić information content (AvgIpc) is 2.64. The van der Waals surface area contributed by atoms with E-state index in [2.05, 4.69) is 17.2 Å². The zero-order chi connectivity index (χ0) is 18.1. The van der Waals surface area contributed by atoms with Gasteiger partial charge in [-0.2, -0.15) is 0 Å². The molecule has 0 saturated carbocycles. The molecule has 0 atom stereocenters. The summed E-state index contributed by atoms with van der Waals surface area (Å²) in [6.45, 7) is 0.152. The molecule has 1 N–H and O–H groups in total. The third-order valence-corrected chi connectivity index (χ3v) is 3.25. The molecule has 6 heteroatoms. The number of ether oxygens (including phenoxy) is 3. The lowest BCUT2D eigenvalue weighted by Gasteiger charge is -2.11. The van der Waals surface area contributed by atoms with Crippen LogP contribution in [0, 0.1) is 17.7 Å². The number of benzene rings is 2. The van der Waals surface area contributed by atoms with Crippen LogP contribution in [0.1, 0.15) is 10.4 Å². The maximum absolute atomic E-state index is 13.3. The summed E-state index contributed by atoms with van der Waals surface area (Å²) in [4.78, 5) is 12.2. The molecule has 0 bridgehead atoms. The largest absolute Gasteiger partial charge is 0.493 e. The Bertz CT molecular complexity index is 795. The van der Waals surface area contributed by atoms with E-state index in [9.17, 15) is 9.18 Å². The molecule has 0 aromatic heterocycles. The molecule has 2 aromatic rings. The first-order valence-corrected chi connectivity index (χ1v) is 7.49. The topological polar surface area (TPSA) is 56.8 Å². The number of carbonyl (C=O) groups is 1. The van der Waals surface area contributed by atoms with Crippen molar-refractivity contribution in [2.45, 2.75) is 0 Å². The molecule has 0 aliphatic carbocycles. The smallest absolute Gasteiger partial charge is 0.255 e. The Labute approximate surface area is 145 Å². The molecule has 0 spiro atoms. The fourth-order valence-electron chi connectivity index (χ4n) is 2.07. The molecule has 1 amide bonds. The summed E-state index contributed by atoms with van der Waals surface area (Å²) in [5, 5.41) is 2.66. The van der Waals surface area contributed by atoms with Gasteiger partial charge in [0, 0.05) is 0 Å². The molecule has 0 aliphatic heterocycles. The van der Waals surface area contributed by atoms with Crippen molar-refractivity contribution in [3.05, 3.63) is 53.8 Å². The number of amides is 1. The maximum Gasteiger partial charge on any atom is 0.255 e. The van der Waals surface area contributed by atoms with Gasteiger partial charge in [-0.15, -0.1) is 0 Å². The Morgan fingerprint density at radius 2 is 1.80 bits per heavy atom. The van der Waals surface area contributed by atoms with Gasteiger partial charge in [-0.05, 0) is 24.3 Å². The predicted molar refractivity (Wildman–Crippen MR) is 91.6 cm³/mol. The van der Waals surface area contributed by atoms with Crippen LogP contribution in [0.3, 0.4) is 0 Å². The summed E-state index contributed by atoms with van der Waals surface area (Å²) < 4.78 is 28.9. The first kappa shape index (κ1) is 18.1. The van der Waals surface area contributed by atoms with Crippen molar-refractivity contribution in [2.24, 2.45) is 0 Å². The van der Waals surface area contributed by atoms with Gasteiger partial charge in [0.05, 0.1) is 26.3 Å². The minimum atomic E-state index is -0.442. The predicted octanol–water partition coefficient (Wildman–Crippen LogP) is 2.66. The van der Waals surface area contributed by atoms with Crippen LogP contribution in [-0.4, -0.2) is 33.3 Å². The fourth-order valence-corrected chi connectivity index (χ4v) is 2.07. The van der Waals surface area contributed by atoms with Crippen molar-refractivity contribution in [2.75, 3.05) is 27.4 Å². The van der Waals surface area contributed by atoms with Crippen LogP contribution in [0.5, 0.6) is 17.2 Å². The summed E-state index contributed by atoms with van der Waals surface area (Å²) in [5.74, 6) is 5.65. The van der Waals surface area contributed by atoms with Crippen molar-refractivity contribution in [1.29, 1.82) is 0 Å². The number of para-hydroxylation sites is 2. The Kier molecular flexibility index (Phi) is 6.66. The van der Waals surface area contributed by atoms with Crippen LogP contribution in [0.15, 0.2) is 42.5 Å². The van der Waals surface area contributed by atoms with Crippen molar-refractivity contribution >= 4 is 5.91 Å². The molecule has 0 saturated heterocycles. The summed E-state index contributed by atoms with van der Waals surface area (Å²) in [6, 6.07) is 11.1. The van der Waals surface area contributed by atoms with Crippen LogP contribution < -0.4 is 19.5 Å². The highest BCUT2D eigenvalue weighted by Crippen LogP contribution is 2.30. The molecule has 0 radical (unpaired) electrons. The van der Waals surface area contributed by atoms with Crippen LogP contribution in [0.25, 0.3) is 0 Å². The van der Waals surface area contributed by atoms with Crippen molar-refractivity contribution < 1.29 is 23.4 Å². The average molecular weight is 343 g/mol. The summed E-state index contributed by atoms with van der Waals surface area (Å²) >= 11 is 0. The first-order chi connectivity index (χ1) is 12.2. The minimum absolute atomic E-state index is 0.0271. The van der Waals surface area contributed by atoms with Gasteiger partial charge in [0.25, 0.3) is 5.91 Å². The second kappa shape index (κ2) is 9.18. The molecular weight excluding hydrogens is 325 g/mol. The van der Waals surface area contributed by atoms with Crippen molar-refractivity contribution in [3.63, 3.8) is 0 Å². The van der Waals surface area contributed by atoms with Gasteiger partial charge in [-0.1, -0.05) is 30.0 Å². The number of hydrogen-bond acceptors (Lipinski definition) is 4. The Morgan fingerprint density at radius 3 is 2.52 bits per heavy atom. The third kappa shape index (κ3) is 4.88. The SMILES string of the molecule is COc1cccc(C(=O)NCC#CCOc2ccccc2F)c1OC. The maximum atomic E-state index is 13.3. The van der Waals surface area contributed by atoms with E-state index < -0.39 is 5.82 Å². The number of nitrogens with one attached hydrogen (secondary N) is 1. The highest BCUT2D eigenvalue weighted by Gasteiger charge is 2.15. The molecule has 0 unspecified atom stereocenters. The highest BCUT2D eigenvalue weighted by molar-refractivity contribution is 5.97. The van der Waals surface area contributed by atoms with Crippen molar-refractivity contribution in [3.8, 4) is 29.1 Å². The normalized spacial score (nSPS) is 9.56. The summed E-state index contributed by atoms with van der Waals surface area (Å²) in [7, 11) is 2.97. The van der Waals surface area contributed by atoms with Gasteiger partial charge in [-0.25, -0.2) is 4.39 Å². The third-order valence-electron chi connectivity index (χ3n) is 3.25. The van der Waals surface area contributed by atoms with Crippen LogP contribution in [-0.2, 0) is 0 Å². The lowest BCUT2D eigenvalue weighted by atomic mass is 10.1. The number of hydrogen-bond donors (Lipinski definition) is 1. The second-order valence-electron chi connectivity index (χ2n) is 4.80. The van der Waals surface area contributed by atoms with E-state index in [1.54, 1.807) is 30.3 Å². The Morgan fingerprint density at radius 1 is 1.04 bits per heavy atom. The molecule has 2 aromatic carbocycles. The molecule has 2 rings (SSSR count). The van der Waals surface area contributed by atoms with Gasteiger partial charge in [0.15, 0.2) is 23.1 Å². The minimum Gasteiger partial charge on any atom is -0.493 e. The molecule has 25 heavy (non-hydrogen) atoms. The summed E-state index contributed by atoms with van der Waals surface area (Å²) in [5.41, 5.74) is 0.353. The second-order valence-corrected chi connectivity index (χ2v) is 4.80.